The molecule has 1 saturated heterocycles. The predicted molar refractivity (Wildman–Crippen MR) is 160 cm³/mol. The maximum Gasteiger partial charge on any atom is 0.248 e. The lowest BCUT2D eigenvalue weighted by Gasteiger charge is -2.32. The van der Waals surface area contributed by atoms with Crippen LogP contribution in [0.5, 0.6) is 5.75 Å². The molecule has 3 aromatic rings. The van der Waals surface area contributed by atoms with Gasteiger partial charge in [0.1, 0.15) is 6.61 Å². The van der Waals surface area contributed by atoms with Crippen molar-refractivity contribution in [2.75, 3.05) is 44.2 Å². The van der Waals surface area contributed by atoms with Gasteiger partial charge in [-0.05, 0) is 80.9 Å². The average Bonchev–Trinajstić information content (AvgIpc) is 3.16. The van der Waals surface area contributed by atoms with E-state index >= 15 is 0 Å². The minimum Gasteiger partial charge on any atom is -0.489 e. The molecule has 0 radical (unpaired) electrons. The molecule has 1 aromatic heterocycles. The van der Waals surface area contributed by atoms with Crippen LogP contribution in [-0.2, 0) is 6.54 Å². The van der Waals surface area contributed by atoms with Gasteiger partial charge in [0.25, 0.3) is 0 Å². The molecule has 3 aliphatic rings. The molecule has 2 aliphatic heterocycles. The molecule has 208 valence electrons. The second-order valence-electron chi connectivity index (χ2n) is 11.7. The van der Waals surface area contributed by atoms with Gasteiger partial charge in [-0.25, -0.2) is 0 Å². The highest BCUT2D eigenvalue weighted by Crippen LogP contribution is 2.49. The van der Waals surface area contributed by atoms with Crippen LogP contribution in [0.4, 0.5) is 5.69 Å². The Kier molecular flexibility index (Phi) is 7.83. The Morgan fingerprint density at radius 1 is 1.00 bits per heavy atom. The molecule has 1 saturated carbocycles. The van der Waals surface area contributed by atoms with Gasteiger partial charge in [0, 0.05) is 41.7 Å². The first-order valence-corrected chi connectivity index (χ1v) is 15.3. The first-order valence-electron chi connectivity index (χ1n) is 15.3. The van der Waals surface area contributed by atoms with E-state index in [-0.39, 0.29) is 5.91 Å². The predicted octanol–water partition coefficient (Wildman–Crippen LogP) is 6.55. The Bertz CT molecular complexity index is 1320. The van der Waals surface area contributed by atoms with E-state index in [0.29, 0.717) is 18.1 Å². The minimum atomic E-state index is -0.372. The summed E-state index contributed by atoms with van der Waals surface area (Å²) in [5, 5.41) is 1.27. The van der Waals surface area contributed by atoms with Gasteiger partial charge >= 0.3 is 0 Å². The van der Waals surface area contributed by atoms with Gasteiger partial charge in [-0.3, -0.25) is 4.79 Å². The SMILES string of the molecule is CCCN(CCN1CCCCC1)c1cccc2c1OCCn1c-2c(C2CCCCC2)c2ccc(C(N)=O)cc21. The Balaban J connectivity index is 1.47. The van der Waals surface area contributed by atoms with E-state index in [1.165, 1.54) is 92.4 Å². The van der Waals surface area contributed by atoms with Crippen LogP contribution in [0.25, 0.3) is 22.2 Å². The van der Waals surface area contributed by atoms with Crippen LogP contribution in [0, 0.1) is 0 Å². The van der Waals surface area contributed by atoms with Crippen molar-refractivity contribution < 1.29 is 9.53 Å². The van der Waals surface area contributed by atoms with Crippen molar-refractivity contribution in [2.24, 2.45) is 5.73 Å². The molecule has 1 aliphatic carbocycles. The molecule has 2 fully saturated rings. The van der Waals surface area contributed by atoms with Crippen molar-refractivity contribution in [1.82, 2.24) is 9.47 Å². The first kappa shape index (κ1) is 26.2. The Morgan fingerprint density at radius 2 is 1.79 bits per heavy atom. The molecule has 0 spiro atoms. The zero-order valence-corrected chi connectivity index (χ0v) is 23.6. The van der Waals surface area contributed by atoms with Crippen LogP contribution in [0.15, 0.2) is 36.4 Å². The number of primary amides is 1. The fraction of sp³-hybridized carbons (Fsp3) is 0.545. The fourth-order valence-electron chi connectivity index (χ4n) is 7.28. The summed E-state index contributed by atoms with van der Waals surface area (Å²) in [5.41, 5.74) is 12.6. The van der Waals surface area contributed by atoms with Crippen molar-refractivity contribution in [3.63, 3.8) is 0 Å². The van der Waals surface area contributed by atoms with E-state index in [1.54, 1.807) is 0 Å². The van der Waals surface area contributed by atoms with Crippen LogP contribution in [0.3, 0.4) is 0 Å². The Morgan fingerprint density at radius 3 is 2.56 bits per heavy atom. The largest absolute Gasteiger partial charge is 0.489 e. The van der Waals surface area contributed by atoms with E-state index in [1.807, 2.05) is 12.1 Å². The molecule has 6 rings (SSSR count). The van der Waals surface area contributed by atoms with Crippen LogP contribution >= 0.6 is 0 Å². The summed E-state index contributed by atoms with van der Waals surface area (Å²) in [6.07, 6.45) is 11.4. The van der Waals surface area contributed by atoms with Crippen LogP contribution in [0.1, 0.15) is 86.6 Å². The van der Waals surface area contributed by atoms with E-state index in [9.17, 15) is 4.79 Å². The average molecular weight is 529 g/mol. The number of piperidine rings is 1. The van der Waals surface area contributed by atoms with Crippen molar-refractivity contribution in [1.29, 1.82) is 0 Å². The van der Waals surface area contributed by atoms with Crippen molar-refractivity contribution >= 4 is 22.5 Å². The van der Waals surface area contributed by atoms with E-state index in [4.69, 9.17) is 10.5 Å². The first-order chi connectivity index (χ1) is 19.2. The molecular formula is C33H44N4O2. The third kappa shape index (κ3) is 5.16. The van der Waals surface area contributed by atoms with Crippen LogP contribution < -0.4 is 15.4 Å². The number of nitrogens with zero attached hydrogens (tertiary/aromatic N) is 3. The minimum absolute atomic E-state index is 0.372. The van der Waals surface area contributed by atoms with E-state index in [2.05, 4.69) is 45.6 Å². The molecule has 0 bridgehead atoms. The number of para-hydroxylation sites is 1. The number of fused-ring (bicyclic) bond motifs is 5. The van der Waals surface area contributed by atoms with E-state index < -0.39 is 0 Å². The highest BCUT2D eigenvalue weighted by atomic mass is 16.5. The lowest BCUT2D eigenvalue weighted by Crippen LogP contribution is -2.38. The summed E-state index contributed by atoms with van der Waals surface area (Å²) in [6.45, 7) is 9.23. The maximum atomic E-state index is 12.1. The topological polar surface area (TPSA) is 63.7 Å². The third-order valence-corrected chi connectivity index (χ3v) is 9.18. The molecule has 2 aromatic carbocycles. The zero-order valence-electron chi connectivity index (χ0n) is 23.6. The number of carbonyl (C=O) groups is 1. The molecule has 39 heavy (non-hydrogen) atoms. The Hall–Kier alpha value is -2.99. The van der Waals surface area contributed by atoms with Gasteiger partial charge in [-0.2, -0.15) is 0 Å². The van der Waals surface area contributed by atoms with Crippen LogP contribution in [-0.4, -0.2) is 54.7 Å². The normalized spacial score (nSPS) is 18.3. The van der Waals surface area contributed by atoms with Crippen molar-refractivity contribution in [2.45, 2.75) is 77.2 Å². The van der Waals surface area contributed by atoms with Gasteiger partial charge in [0.05, 0.1) is 17.9 Å². The number of aromatic nitrogens is 1. The monoisotopic (exact) mass is 528 g/mol. The number of anilines is 1. The number of likely N-dealkylation sites (tertiary alicyclic amines) is 1. The fourth-order valence-corrected chi connectivity index (χ4v) is 7.28. The number of amides is 1. The van der Waals surface area contributed by atoms with Crippen LogP contribution in [0.2, 0.25) is 0 Å². The molecule has 2 N–H and O–H groups in total. The van der Waals surface area contributed by atoms with Gasteiger partial charge in [0.15, 0.2) is 5.75 Å². The molecule has 6 nitrogen and oxygen atoms in total. The van der Waals surface area contributed by atoms with Gasteiger partial charge in [-0.15, -0.1) is 0 Å². The summed E-state index contributed by atoms with van der Waals surface area (Å²) in [4.78, 5) is 17.3. The summed E-state index contributed by atoms with van der Waals surface area (Å²) in [5.74, 6) is 1.18. The second-order valence-corrected chi connectivity index (χ2v) is 11.7. The third-order valence-electron chi connectivity index (χ3n) is 9.18. The molecule has 0 atom stereocenters. The molecule has 6 heteroatoms. The highest BCUT2D eigenvalue weighted by molar-refractivity contribution is 6.01. The standard InChI is InChI=1S/C33H44N4O2/c1-2-16-36(20-19-35-17-7-4-8-18-35)28-13-9-12-27-31-30(24-10-5-3-6-11-24)26-15-14-25(33(34)38)23-29(26)37(31)21-22-39-32(27)28/h9,12-15,23-24H,2-8,10-11,16-22H2,1H3,(H2,34,38). The quantitative estimate of drug-likeness (QED) is 0.360. The van der Waals surface area contributed by atoms with E-state index in [0.717, 1.165) is 43.9 Å². The van der Waals surface area contributed by atoms with Gasteiger partial charge < -0.3 is 24.8 Å². The number of nitrogens with two attached hydrogens (primary N) is 1. The summed E-state index contributed by atoms with van der Waals surface area (Å²) >= 11 is 0. The number of rotatable bonds is 8. The van der Waals surface area contributed by atoms with Crippen molar-refractivity contribution in [3.05, 3.63) is 47.5 Å². The van der Waals surface area contributed by atoms with Gasteiger partial charge in [0.2, 0.25) is 5.91 Å². The summed E-state index contributed by atoms with van der Waals surface area (Å²) < 4.78 is 9.06. The maximum absolute atomic E-state index is 12.1. The lowest BCUT2D eigenvalue weighted by molar-refractivity contribution is 0.100. The molecule has 0 unspecified atom stereocenters. The number of benzene rings is 2. The summed E-state index contributed by atoms with van der Waals surface area (Å²) in [6, 6.07) is 12.8. The molecule has 1 amide bonds. The van der Waals surface area contributed by atoms with Gasteiger partial charge in [-0.1, -0.05) is 44.7 Å². The number of ether oxygens (including phenoxy) is 1. The highest BCUT2D eigenvalue weighted by Gasteiger charge is 2.31. The zero-order chi connectivity index (χ0) is 26.8. The second kappa shape index (κ2) is 11.6. The smallest absolute Gasteiger partial charge is 0.248 e. The number of hydrogen-bond donors (Lipinski definition) is 1. The Labute approximate surface area is 233 Å². The molecular weight excluding hydrogens is 484 g/mol. The summed E-state index contributed by atoms with van der Waals surface area (Å²) in [7, 11) is 0. The molecule has 3 heterocycles. The number of hydrogen-bond acceptors (Lipinski definition) is 4. The lowest BCUT2D eigenvalue weighted by atomic mass is 9.81. The van der Waals surface area contributed by atoms with Crippen molar-refractivity contribution in [3.8, 4) is 17.0 Å². The number of carbonyl (C=O) groups excluding carboxylic acids is 1.